The van der Waals surface area contributed by atoms with E-state index in [2.05, 4.69) is 21.2 Å². The number of para-hydroxylation sites is 1. The maximum absolute atomic E-state index is 13.2. The summed E-state index contributed by atoms with van der Waals surface area (Å²) in [5.74, 6) is 1.24. The van der Waals surface area contributed by atoms with Gasteiger partial charge in [0.05, 0.1) is 12.1 Å². The lowest BCUT2D eigenvalue weighted by molar-refractivity contribution is 0.302. The molecular weight excluding hydrogens is 445 g/mol. The predicted molar refractivity (Wildman–Crippen MR) is 113 cm³/mol. The van der Waals surface area contributed by atoms with Crippen molar-refractivity contribution in [1.29, 1.82) is 0 Å². The molecule has 0 spiro atoms. The second-order valence-corrected chi connectivity index (χ2v) is 7.51. The van der Waals surface area contributed by atoms with Crippen molar-refractivity contribution < 1.29 is 13.9 Å². The zero-order valence-electron chi connectivity index (χ0n) is 15.3. The zero-order valence-corrected chi connectivity index (χ0v) is 17.7. The first-order valence-corrected chi connectivity index (χ1v) is 9.91. The van der Waals surface area contributed by atoms with Crippen LogP contribution in [-0.2, 0) is 19.7 Å². The first-order chi connectivity index (χ1) is 13.6. The van der Waals surface area contributed by atoms with Gasteiger partial charge in [-0.2, -0.15) is 0 Å². The Labute approximate surface area is 177 Å². The minimum Gasteiger partial charge on any atom is -0.496 e. The maximum atomic E-state index is 13.2. The fraction of sp³-hybridized carbons (Fsp3) is 0.182. The van der Waals surface area contributed by atoms with Crippen molar-refractivity contribution in [3.05, 3.63) is 92.7 Å². The monoisotopic (exact) mass is 463 g/mol. The van der Waals surface area contributed by atoms with Crippen molar-refractivity contribution >= 4 is 27.5 Å². The summed E-state index contributed by atoms with van der Waals surface area (Å²) in [6.07, 6.45) is 0. The molecule has 0 fully saturated rings. The van der Waals surface area contributed by atoms with Crippen molar-refractivity contribution in [2.24, 2.45) is 0 Å². The number of ether oxygens (including phenoxy) is 2. The maximum Gasteiger partial charge on any atom is 0.124 e. The van der Waals surface area contributed by atoms with E-state index in [1.165, 1.54) is 12.1 Å². The number of hydrogen-bond acceptors (Lipinski definition) is 3. The van der Waals surface area contributed by atoms with E-state index < -0.39 is 0 Å². The Balaban J connectivity index is 1.66. The van der Waals surface area contributed by atoms with Crippen LogP contribution >= 0.6 is 27.5 Å². The summed E-state index contributed by atoms with van der Waals surface area (Å²) >= 11 is 9.59. The van der Waals surface area contributed by atoms with Crippen LogP contribution in [0.3, 0.4) is 0 Å². The van der Waals surface area contributed by atoms with Crippen LogP contribution in [-0.4, -0.2) is 7.11 Å². The molecule has 1 N–H and O–H groups in total. The highest BCUT2D eigenvalue weighted by atomic mass is 79.9. The Hall–Kier alpha value is -2.08. The molecule has 0 heterocycles. The van der Waals surface area contributed by atoms with Crippen molar-refractivity contribution in [2.75, 3.05) is 7.11 Å². The molecule has 0 bridgehead atoms. The van der Waals surface area contributed by atoms with Crippen LogP contribution in [0, 0.1) is 5.82 Å². The normalized spacial score (nSPS) is 10.7. The molecule has 3 aromatic carbocycles. The summed E-state index contributed by atoms with van der Waals surface area (Å²) in [5, 5.41) is 3.78. The Morgan fingerprint density at radius 1 is 0.929 bits per heavy atom. The summed E-state index contributed by atoms with van der Waals surface area (Å²) in [4.78, 5) is 0. The summed E-state index contributed by atoms with van der Waals surface area (Å²) in [6.45, 7) is 1.55. The molecule has 0 atom stereocenters. The van der Waals surface area contributed by atoms with Crippen molar-refractivity contribution in [1.82, 2.24) is 5.32 Å². The first kappa shape index (κ1) is 20.6. The lowest BCUT2D eigenvalue weighted by Gasteiger charge is -2.14. The number of hydrogen-bond donors (Lipinski definition) is 1. The second-order valence-electron chi connectivity index (χ2n) is 6.19. The van der Waals surface area contributed by atoms with Gasteiger partial charge < -0.3 is 14.8 Å². The molecule has 0 saturated heterocycles. The molecule has 0 aromatic heterocycles. The van der Waals surface area contributed by atoms with Crippen LogP contribution < -0.4 is 14.8 Å². The largest absolute Gasteiger partial charge is 0.496 e. The molecule has 0 saturated carbocycles. The smallest absolute Gasteiger partial charge is 0.124 e. The first-order valence-electron chi connectivity index (χ1n) is 8.74. The van der Waals surface area contributed by atoms with Gasteiger partial charge in [-0.1, -0.05) is 51.8 Å². The minimum atomic E-state index is -0.362. The molecule has 28 heavy (non-hydrogen) atoms. The number of halogens is 3. The van der Waals surface area contributed by atoms with Gasteiger partial charge in [-0.25, -0.2) is 4.39 Å². The quantitative estimate of drug-likeness (QED) is 0.436. The molecular formula is C22H20BrClFNO2. The number of rotatable bonds is 8. The molecule has 0 aliphatic rings. The predicted octanol–water partition coefficient (Wildman–Crippen LogP) is 6.12. The summed E-state index contributed by atoms with van der Waals surface area (Å²) < 4.78 is 25.5. The summed E-state index contributed by atoms with van der Waals surface area (Å²) in [5.41, 5.74) is 2.82. The van der Waals surface area contributed by atoms with E-state index in [9.17, 15) is 4.39 Å². The molecule has 146 valence electrons. The third-order valence-electron chi connectivity index (χ3n) is 4.24. The van der Waals surface area contributed by atoms with Crippen molar-refractivity contribution in [3.63, 3.8) is 0 Å². The van der Waals surface area contributed by atoms with Crippen LogP contribution in [0.25, 0.3) is 0 Å². The van der Waals surface area contributed by atoms with E-state index >= 15 is 0 Å². The van der Waals surface area contributed by atoms with Crippen LogP contribution in [0.1, 0.15) is 16.7 Å². The lowest BCUT2D eigenvalue weighted by Crippen LogP contribution is -2.14. The van der Waals surface area contributed by atoms with E-state index in [4.69, 9.17) is 21.1 Å². The van der Waals surface area contributed by atoms with Gasteiger partial charge in [0.2, 0.25) is 0 Å². The Kier molecular flexibility index (Phi) is 7.31. The molecule has 0 aliphatic carbocycles. The minimum absolute atomic E-state index is 0.264. The van der Waals surface area contributed by atoms with E-state index in [-0.39, 0.29) is 12.4 Å². The second kappa shape index (κ2) is 9.92. The van der Waals surface area contributed by atoms with Gasteiger partial charge >= 0.3 is 0 Å². The SMILES string of the molecule is COc1ccccc1CNCc1cc(Br)ccc1OCc1ccc(F)cc1Cl. The lowest BCUT2D eigenvalue weighted by atomic mass is 10.1. The van der Waals surface area contributed by atoms with Gasteiger partial charge in [-0.05, 0) is 36.4 Å². The van der Waals surface area contributed by atoms with Gasteiger partial charge in [0, 0.05) is 34.3 Å². The molecule has 3 aromatic rings. The topological polar surface area (TPSA) is 30.5 Å². The standard InChI is InChI=1S/C22H20BrClFNO2/c1-27-21-5-3-2-4-15(21)12-26-13-17-10-18(23)7-9-22(17)28-14-16-6-8-19(25)11-20(16)24/h2-11,26H,12-14H2,1H3. The molecule has 3 rings (SSSR count). The van der Waals surface area contributed by atoms with Crippen molar-refractivity contribution in [3.8, 4) is 11.5 Å². The third kappa shape index (κ3) is 5.47. The molecule has 0 aliphatic heterocycles. The number of methoxy groups -OCH3 is 1. The summed E-state index contributed by atoms with van der Waals surface area (Å²) in [6, 6.07) is 18.0. The number of nitrogens with one attached hydrogen (secondary N) is 1. The Morgan fingerprint density at radius 2 is 1.71 bits per heavy atom. The molecule has 0 radical (unpaired) electrons. The number of benzene rings is 3. The van der Waals surface area contributed by atoms with Gasteiger partial charge in [-0.15, -0.1) is 0 Å². The molecule has 0 amide bonds. The van der Waals surface area contributed by atoms with E-state index in [1.807, 2.05) is 42.5 Å². The van der Waals surface area contributed by atoms with Gasteiger partial charge in [0.25, 0.3) is 0 Å². The van der Waals surface area contributed by atoms with Gasteiger partial charge in [0.15, 0.2) is 0 Å². The van der Waals surface area contributed by atoms with Crippen LogP contribution in [0.2, 0.25) is 5.02 Å². The summed E-state index contributed by atoms with van der Waals surface area (Å²) in [7, 11) is 1.67. The van der Waals surface area contributed by atoms with Crippen LogP contribution in [0.5, 0.6) is 11.5 Å². The van der Waals surface area contributed by atoms with Crippen LogP contribution in [0.15, 0.2) is 65.1 Å². The van der Waals surface area contributed by atoms with E-state index in [1.54, 1.807) is 13.2 Å². The highest BCUT2D eigenvalue weighted by Crippen LogP contribution is 2.26. The van der Waals surface area contributed by atoms with Gasteiger partial charge in [-0.3, -0.25) is 0 Å². The Bertz CT molecular complexity index is 952. The Morgan fingerprint density at radius 3 is 2.50 bits per heavy atom. The molecule has 6 heteroatoms. The fourth-order valence-electron chi connectivity index (χ4n) is 2.80. The highest BCUT2D eigenvalue weighted by Gasteiger charge is 2.09. The zero-order chi connectivity index (χ0) is 19.9. The van der Waals surface area contributed by atoms with E-state index in [0.29, 0.717) is 18.1 Å². The van der Waals surface area contributed by atoms with Crippen molar-refractivity contribution in [2.45, 2.75) is 19.7 Å². The third-order valence-corrected chi connectivity index (χ3v) is 5.09. The van der Waals surface area contributed by atoms with Crippen LogP contribution in [0.4, 0.5) is 4.39 Å². The average molecular weight is 465 g/mol. The molecule has 0 unspecified atom stereocenters. The molecule has 3 nitrogen and oxygen atoms in total. The highest BCUT2D eigenvalue weighted by molar-refractivity contribution is 9.10. The average Bonchev–Trinajstić information content (AvgIpc) is 2.69. The van der Waals surface area contributed by atoms with Gasteiger partial charge in [0.1, 0.15) is 23.9 Å². The van der Waals surface area contributed by atoms with E-state index in [0.717, 1.165) is 32.7 Å². The fourth-order valence-corrected chi connectivity index (χ4v) is 3.43.